The van der Waals surface area contributed by atoms with Crippen LogP contribution in [0.25, 0.3) is 0 Å². The Balaban J connectivity index is 2.29. The van der Waals surface area contributed by atoms with Crippen molar-refractivity contribution in [3.8, 4) is 5.75 Å². The quantitative estimate of drug-likeness (QED) is 0.851. The zero-order valence-corrected chi connectivity index (χ0v) is 11.9. The second-order valence-corrected chi connectivity index (χ2v) is 4.85. The highest BCUT2D eigenvalue weighted by Gasteiger charge is 2.22. The smallest absolute Gasteiger partial charge is 0.268 e. The molecule has 0 unspecified atom stereocenters. The SMILES string of the molecule is COc1ccccc1N(C)C(=O)C1=C(C)OC=CS1. The number of likely N-dealkylation sites (N-methyl/N-ethyl adjacent to an activating group) is 1. The molecule has 0 aromatic heterocycles. The van der Waals surface area contributed by atoms with E-state index in [0.29, 0.717) is 16.4 Å². The van der Waals surface area contributed by atoms with Crippen molar-refractivity contribution < 1.29 is 14.3 Å². The van der Waals surface area contributed by atoms with Gasteiger partial charge in [-0.25, -0.2) is 0 Å². The number of amides is 1. The molecule has 0 radical (unpaired) electrons. The van der Waals surface area contributed by atoms with Crippen molar-refractivity contribution in [1.82, 2.24) is 0 Å². The summed E-state index contributed by atoms with van der Waals surface area (Å²) in [5.74, 6) is 1.16. The predicted molar refractivity (Wildman–Crippen MR) is 76.9 cm³/mol. The summed E-state index contributed by atoms with van der Waals surface area (Å²) in [5.41, 5.74) is 0.727. The molecule has 1 aliphatic heterocycles. The van der Waals surface area contributed by atoms with Crippen LogP contribution >= 0.6 is 11.8 Å². The lowest BCUT2D eigenvalue weighted by Gasteiger charge is -2.22. The number of carbonyl (C=O) groups excluding carboxylic acids is 1. The third-order valence-corrected chi connectivity index (χ3v) is 3.70. The van der Waals surface area contributed by atoms with E-state index < -0.39 is 0 Å². The summed E-state index contributed by atoms with van der Waals surface area (Å²) in [7, 11) is 3.31. The number of hydrogen-bond donors (Lipinski definition) is 0. The van der Waals surface area contributed by atoms with E-state index in [1.54, 1.807) is 37.7 Å². The van der Waals surface area contributed by atoms with E-state index in [9.17, 15) is 4.79 Å². The van der Waals surface area contributed by atoms with Crippen LogP contribution in [-0.4, -0.2) is 20.1 Å². The molecule has 0 fully saturated rings. The van der Waals surface area contributed by atoms with Gasteiger partial charge in [0.2, 0.25) is 0 Å². The van der Waals surface area contributed by atoms with Crippen molar-refractivity contribution in [1.29, 1.82) is 0 Å². The number of hydrogen-bond acceptors (Lipinski definition) is 4. The normalized spacial score (nSPS) is 14.1. The van der Waals surface area contributed by atoms with Crippen molar-refractivity contribution in [2.24, 2.45) is 0 Å². The lowest BCUT2D eigenvalue weighted by molar-refractivity contribution is -0.114. The Kier molecular flexibility index (Phi) is 4.16. The van der Waals surface area contributed by atoms with Crippen LogP contribution in [0.4, 0.5) is 5.69 Å². The third-order valence-electron chi connectivity index (χ3n) is 2.75. The molecule has 4 nitrogen and oxygen atoms in total. The van der Waals surface area contributed by atoms with Crippen LogP contribution in [0.1, 0.15) is 6.92 Å². The van der Waals surface area contributed by atoms with Crippen molar-refractivity contribution >= 4 is 23.4 Å². The van der Waals surface area contributed by atoms with E-state index in [2.05, 4.69) is 0 Å². The molecule has 0 saturated carbocycles. The Morgan fingerprint density at radius 1 is 1.37 bits per heavy atom. The highest BCUT2D eigenvalue weighted by Crippen LogP contribution is 2.32. The number of anilines is 1. The molecule has 1 aromatic rings. The minimum Gasteiger partial charge on any atom is -0.495 e. The molecule has 0 bridgehead atoms. The first-order chi connectivity index (χ1) is 9.15. The Bertz CT molecular complexity index is 551. The fourth-order valence-electron chi connectivity index (χ4n) is 1.73. The molecule has 100 valence electrons. The number of benzene rings is 1. The molecule has 19 heavy (non-hydrogen) atoms. The number of methoxy groups -OCH3 is 1. The average Bonchev–Trinajstić information content (AvgIpc) is 2.46. The zero-order valence-electron chi connectivity index (χ0n) is 11.0. The molecule has 1 amide bonds. The largest absolute Gasteiger partial charge is 0.495 e. The number of ether oxygens (including phenoxy) is 2. The lowest BCUT2D eigenvalue weighted by atomic mass is 10.2. The standard InChI is InChI=1S/C14H15NO3S/c1-10-13(19-9-8-18-10)14(16)15(2)11-6-4-5-7-12(11)17-3/h4-9H,1-3H3. The summed E-state index contributed by atoms with van der Waals surface area (Å²) in [6.07, 6.45) is 1.57. The van der Waals surface area contributed by atoms with Crippen LogP contribution < -0.4 is 9.64 Å². The molecule has 0 spiro atoms. The molecule has 1 aliphatic rings. The van der Waals surface area contributed by atoms with E-state index in [4.69, 9.17) is 9.47 Å². The lowest BCUT2D eigenvalue weighted by Crippen LogP contribution is -2.28. The Morgan fingerprint density at radius 2 is 2.11 bits per heavy atom. The summed E-state index contributed by atoms with van der Waals surface area (Å²) in [4.78, 5) is 14.6. The van der Waals surface area contributed by atoms with E-state index in [-0.39, 0.29) is 5.91 Å². The van der Waals surface area contributed by atoms with Crippen LogP contribution in [0.5, 0.6) is 5.75 Å². The first-order valence-electron chi connectivity index (χ1n) is 5.75. The van der Waals surface area contributed by atoms with Gasteiger partial charge >= 0.3 is 0 Å². The van der Waals surface area contributed by atoms with Gasteiger partial charge in [-0.15, -0.1) is 0 Å². The number of rotatable bonds is 3. The van der Waals surface area contributed by atoms with E-state index >= 15 is 0 Å². The Morgan fingerprint density at radius 3 is 2.79 bits per heavy atom. The molecule has 1 aromatic carbocycles. The molecule has 0 saturated heterocycles. The highest BCUT2D eigenvalue weighted by molar-refractivity contribution is 8.06. The van der Waals surface area contributed by atoms with Gasteiger partial charge in [-0.2, -0.15) is 0 Å². The van der Waals surface area contributed by atoms with Gasteiger partial charge in [-0.1, -0.05) is 23.9 Å². The van der Waals surface area contributed by atoms with Crippen molar-refractivity contribution in [3.63, 3.8) is 0 Å². The first-order valence-corrected chi connectivity index (χ1v) is 6.63. The number of carbonyl (C=O) groups is 1. The Hall–Kier alpha value is -1.88. The summed E-state index contributed by atoms with van der Waals surface area (Å²) in [5, 5.41) is 1.75. The number of nitrogens with zero attached hydrogens (tertiary/aromatic N) is 1. The van der Waals surface area contributed by atoms with Gasteiger partial charge in [0, 0.05) is 12.5 Å². The molecule has 5 heteroatoms. The van der Waals surface area contributed by atoms with Gasteiger partial charge < -0.3 is 14.4 Å². The van der Waals surface area contributed by atoms with Gasteiger partial charge in [-0.3, -0.25) is 4.79 Å². The van der Waals surface area contributed by atoms with Gasteiger partial charge in [0.05, 0.1) is 19.1 Å². The minimum atomic E-state index is -0.114. The van der Waals surface area contributed by atoms with E-state index in [1.807, 2.05) is 24.3 Å². The maximum atomic E-state index is 12.5. The fraction of sp³-hybridized carbons (Fsp3) is 0.214. The molecular weight excluding hydrogens is 262 g/mol. The molecule has 0 N–H and O–H groups in total. The third kappa shape index (κ3) is 2.76. The molecule has 1 heterocycles. The number of allylic oxidation sites excluding steroid dienone is 1. The van der Waals surface area contributed by atoms with Crippen LogP contribution in [0, 0.1) is 0 Å². The monoisotopic (exact) mass is 277 g/mol. The Labute approximate surface area is 116 Å². The molecule has 2 rings (SSSR count). The topological polar surface area (TPSA) is 38.8 Å². The predicted octanol–water partition coefficient (Wildman–Crippen LogP) is 3.12. The second kappa shape index (κ2) is 5.84. The molecule has 0 atom stereocenters. The first kappa shape index (κ1) is 13.5. The van der Waals surface area contributed by atoms with E-state index in [0.717, 1.165) is 5.69 Å². The number of thioether (sulfide) groups is 1. The molecule has 0 aliphatic carbocycles. The molecular formula is C14H15NO3S. The maximum Gasteiger partial charge on any atom is 0.268 e. The van der Waals surface area contributed by atoms with Crippen LogP contribution in [0.2, 0.25) is 0 Å². The summed E-state index contributed by atoms with van der Waals surface area (Å²) in [6, 6.07) is 7.40. The van der Waals surface area contributed by atoms with Gasteiger partial charge in [-0.05, 0) is 19.1 Å². The summed E-state index contributed by atoms with van der Waals surface area (Å²) >= 11 is 1.36. The van der Waals surface area contributed by atoms with Crippen LogP contribution in [0.3, 0.4) is 0 Å². The van der Waals surface area contributed by atoms with Crippen LogP contribution in [-0.2, 0) is 9.53 Å². The van der Waals surface area contributed by atoms with E-state index in [1.165, 1.54) is 11.8 Å². The maximum absolute atomic E-state index is 12.5. The minimum absolute atomic E-state index is 0.114. The average molecular weight is 277 g/mol. The van der Waals surface area contributed by atoms with Gasteiger partial charge in [0.25, 0.3) is 5.91 Å². The summed E-state index contributed by atoms with van der Waals surface area (Å²) in [6.45, 7) is 1.78. The summed E-state index contributed by atoms with van der Waals surface area (Å²) < 4.78 is 10.5. The fourth-order valence-corrected chi connectivity index (χ4v) is 2.43. The zero-order chi connectivity index (χ0) is 13.8. The number of para-hydroxylation sites is 2. The van der Waals surface area contributed by atoms with Crippen LogP contribution in [0.15, 0.2) is 46.6 Å². The highest BCUT2D eigenvalue weighted by atomic mass is 32.2. The second-order valence-electron chi connectivity index (χ2n) is 3.93. The van der Waals surface area contributed by atoms with Gasteiger partial charge in [0.15, 0.2) is 0 Å². The van der Waals surface area contributed by atoms with Crippen molar-refractivity contribution in [2.75, 3.05) is 19.1 Å². The van der Waals surface area contributed by atoms with Crippen molar-refractivity contribution in [2.45, 2.75) is 6.92 Å². The van der Waals surface area contributed by atoms with Crippen molar-refractivity contribution in [3.05, 3.63) is 46.6 Å². The van der Waals surface area contributed by atoms with Gasteiger partial charge in [0.1, 0.15) is 16.4 Å².